The molecular formula is C18H20F2N2O5S. The molecule has 1 N–H and O–H groups in total. The lowest BCUT2D eigenvalue weighted by Crippen LogP contribution is -2.38. The minimum atomic E-state index is -2.99. The van der Waals surface area contributed by atoms with Crippen LogP contribution in [0.5, 0.6) is 11.5 Å². The Morgan fingerprint density at radius 3 is 2.61 bits per heavy atom. The first-order valence-corrected chi connectivity index (χ1v) is 9.20. The van der Waals surface area contributed by atoms with Crippen LogP contribution < -0.4 is 14.8 Å². The Balaban J connectivity index is 2.09. The Morgan fingerprint density at radius 1 is 1.29 bits per heavy atom. The zero-order valence-corrected chi connectivity index (χ0v) is 16.3. The summed E-state index contributed by atoms with van der Waals surface area (Å²) in [6, 6.07) is 4.19. The second-order valence-corrected chi connectivity index (χ2v) is 7.06. The van der Waals surface area contributed by atoms with Crippen molar-refractivity contribution in [1.82, 2.24) is 10.2 Å². The van der Waals surface area contributed by atoms with Crippen molar-refractivity contribution in [2.75, 3.05) is 20.2 Å². The van der Waals surface area contributed by atoms with Crippen molar-refractivity contribution in [3.05, 3.63) is 28.7 Å². The number of thioether (sulfide) groups is 1. The standard InChI is InChI=1S/C18H20F2N2O5S/c1-10(2)15(23)21-6-7-22-16(24)14(28-18(22)25)9-11-4-5-12(27-17(19)20)13(8-11)26-3/h4-5,8-10,17H,6-7H2,1-3H3,(H,21,23)/b14-9-. The predicted octanol–water partition coefficient (Wildman–Crippen LogP) is 3.11. The van der Waals surface area contributed by atoms with E-state index in [0.29, 0.717) is 5.56 Å². The number of nitrogens with zero attached hydrogens (tertiary/aromatic N) is 1. The summed E-state index contributed by atoms with van der Waals surface area (Å²) in [5.74, 6) is -0.906. The highest BCUT2D eigenvalue weighted by Gasteiger charge is 2.34. The van der Waals surface area contributed by atoms with Crippen LogP contribution in [-0.4, -0.2) is 48.8 Å². The van der Waals surface area contributed by atoms with E-state index >= 15 is 0 Å². The number of halogens is 2. The van der Waals surface area contributed by atoms with Gasteiger partial charge in [-0.25, -0.2) is 0 Å². The number of hydrogen-bond acceptors (Lipinski definition) is 6. The van der Waals surface area contributed by atoms with Crippen LogP contribution in [0.3, 0.4) is 0 Å². The first kappa shape index (κ1) is 21.7. The van der Waals surface area contributed by atoms with Gasteiger partial charge in [-0.05, 0) is 35.5 Å². The topological polar surface area (TPSA) is 84.9 Å². The number of hydrogen-bond donors (Lipinski definition) is 1. The maximum Gasteiger partial charge on any atom is 0.387 e. The molecule has 0 atom stereocenters. The Labute approximate surface area is 165 Å². The molecule has 0 radical (unpaired) electrons. The summed E-state index contributed by atoms with van der Waals surface area (Å²) in [6.07, 6.45) is 1.46. The Hall–Kier alpha value is -2.62. The van der Waals surface area contributed by atoms with Gasteiger partial charge in [-0.1, -0.05) is 19.9 Å². The average Bonchev–Trinajstić information content (AvgIpc) is 2.89. The van der Waals surface area contributed by atoms with Crippen LogP contribution in [0.25, 0.3) is 6.08 Å². The molecule has 0 spiro atoms. The molecule has 1 aliphatic heterocycles. The van der Waals surface area contributed by atoms with E-state index in [0.717, 1.165) is 16.7 Å². The highest BCUT2D eigenvalue weighted by molar-refractivity contribution is 8.18. The second-order valence-electron chi connectivity index (χ2n) is 6.07. The van der Waals surface area contributed by atoms with Crippen LogP contribution in [0.1, 0.15) is 19.4 Å². The summed E-state index contributed by atoms with van der Waals surface area (Å²) < 4.78 is 34.1. The zero-order chi connectivity index (χ0) is 20.8. The number of imide groups is 1. The van der Waals surface area contributed by atoms with Crippen molar-refractivity contribution >= 4 is 34.9 Å². The van der Waals surface area contributed by atoms with Crippen LogP contribution in [0, 0.1) is 5.92 Å². The second kappa shape index (κ2) is 9.54. The van der Waals surface area contributed by atoms with Gasteiger partial charge in [-0.3, -0.25) is 19.3 Å². The van der Waals surface area contributed by atoms with Gasteiger partial charge in [0.2, 0.25) is 5.91 Å². The van der Waals surface area contributed by atoms with Crippen molar-refractivity contribution in [2.24, 2.45) is 5.92 Å². The minimum absolute atomic E-state index is 0.0605. The number of ether oxygens (including phenoxy) is 2. The lowest BCUT2D eigenvalue weighted by Gasteiger charge is -2.13. The molecule has 1 aromatic rings. The molecule has 7 nitrogen and oxygen atoms in total. The van der Waals surface area contributed by atoms with Crippen molar-refractivity contribution in [2.45, 2.75) is 20.5 Å². The first-order valence-electron chi connectivity index (χ1n) is 8.39. The third kappa shape index (κ3) is 5.44. The van der Waals surface area contributed by atoms with Gasteiger partial charge in [0.05, 0.1) is 12.0 Å². The molecule has 10 heteroatoms. The van der Waals surface area contributed by atoms with Crippen LogP contribution in [0.15, 0.2) is 23.1 Å². The Morgan fingerprint density at radius 2 is 2.00 bits per heavy atom. The molecule has 0 aromatic heterocycles. The number of carbonyl (C=O) groups excluding carboxylic acids is 3. The molecule has 1 saturated heterocycles. The van der Waals surface area contributed by atoms with Gasteiger partial charge in [-0.2, -0.15) is 8.78 Å². The van der Waals surface area contributed by atoms with Crippen molar-refractivity contribution in [1.29, 1.82) is 0 Å². The van der Waals surface area contributed by atoms with Crippen molar-refractivity contribution in [3.63, 3.8) is 0 Å². The van der Waals surface area contributed by atoms with Gasteiger partial charge < -0.3 is 14.8 Å². The van der Waals surface area contributed by atoms with E-state index in [1.54, 1.807) is 13.8 Å². The largest absolute Gasteiger partial charge is 0.493 e. The SMILES string of the molecule is COc1cc(/C=C2\SC(=O)N(CCNC(=O)C(C)C)C2=O)ccc1OC(F)F. The van der Waals surface area contributed by atoms with E-state index in [1.807, 2.05) is 0 Å². The maximum atomic E-state index is 12.4. The number of alkyl halides is 2. The van der Waals surface area contributed by atoms with Gasteiger partial charge in [0.1, 0.15) is 0 Å². The molecule has 3 amide bonds. The van der Waals surface area contributed by atoms with E-state index in [4.69, 9.17) is 4.74 Å². The first-order chi connectivity index (χ1) is 13.2. The molecule has 28 heavy (non-hydrogen) atoms. The molecule has 2 rings (SSSR count). The highest BCUT2D eigenvalue weighted by Crippen LogP contribution is 2.34. The summed E-state index contributed by atoms with van der Waals surface area (Å²) in [6.45, 7) is 0.710. The predicted molar refractivity (Wildman–Crippen MR) is 100 cm³/mol. The van der Waals surface area contributed by atoms with Gasteiger partial charge in [0.15, 0.2) is 11.5 Å². The molecular weight excluding hydrogens is 394 g/mol. The number of amides is 3. The summed E-state index contributed by atoms with van der Waals surface area (Å²) in [7, 11) is 1.30. The average molecular weight is 414 g/mol. The van der Waals surface area contributed by atoms with Crippen molar-refractivity contribution < 1.29 is 32.6 Å². The Bertz CT molecular complexity index is 798. The van der Waals surface area contributed by atoms with E-state index in [-0.39, 0.29) is 41.3 Å². The van der Waals surface area contributed by atoms with E-state index in [1.165, 1.54) is 31.4 Å². The van der Waals surface area contributed by atoms with Gasteiger partial charge in [0, 0.05) is 19.0 Å². The van der Waals surface area contributed by atoms with Crippen LogP contribution in [0.4, 0.5) is 13.6 Å². The number of nitrogens with one attached hydrogen (secondary N) is 1. The summed E-state index contributed by atoms with van der Waals surface area (Å²) in [5, 5.41) is 2.20. The van der Waals surface area contributed by atoms with Crippen molar-refractivity contribution in [3.8, 4) is 11.5 Å². The fraction of sp³-hybridized carbons (Fsp3) is 0.389. The summed E-state index contributed by atoms with van der Waals surface area (Å²) in [4.78, 5) is 37.3. The summed E-state index contributed by atoms with van der Waals surface area (Å²) >= 11 is 0.764. The highest BCUT2D eigenvalue weighted by atomic mass is 32.2. The molecule has 1 fully saturated rings. The van der Waals surface area contributed by atoms with Gasteiger partial charge >= 0.3 is 6.61 Å². The number of carbonyl (C=O) groups is 3. The molecule has 0 bridgehead atoms. The van der Waals surface area contributed by atoms with E-state index in [2.05, 4.69) is 10.1 Å². The molecule has 1 aliphatic rings. The normalized spacial score (nSPS) is 15.7. The number of rotatable bonds is 8. The minimum Gasteiger partial charge on any atom is -0.493 e. The van der Waals surface area contributed by atoms with Gasteiger partial charge in [0.25, 0.3) is 11.1 Å². The molecule has 0 saturated carbocycles. The Kier molecular flexibility index (Phi) is 7.38. The van der Waals surface area contributed by atoms with E-state index < -0.39 is 17.8 Å². The maximum absolute atomic E-state index is 12.4. The molecule has 0 unspecified atom stereocenters. The van der Waals surface area contributed by atoms with Crippen LogP contribution in [-0.2, 0) is 9.59 Å². The number of benzene rings is 1. The monoisotopic (exact) mass is 414 g/mol. The number of methoxy groups -OCH3 is 1. The summed E-state index contributed by atoms with van der Waals surface area (Å²) in [5.41, 5.74) is 0.483. The van der Waals surface area contributed by atoms with Crippen LogP contribution >= 0.6 is 11.8 Å². The lowest BCUT2D eigenvalue weighted by atomic mass is 10.2. The van der Waals surface area contributed by atoms with E-state index in [9.17, 15) is 23.2 Å². The molecule has 152 valence electrons. The fourth-order valence-electron chi connectivity index (χ4n) is 2.31. The lowest BCUT2D eigenvalue weighted by molar-refractivity contribution is -0.125. The molecule has 1 aromatic carbocycles. The zero-order valence-electron chi connectivity index (χ0n) is 15.5. The van der Waals surface area contributed by atoms with Gasteiger partial charge in [-0.15, -0.1) is 0 Å². The molecule has 1 heterocycles. The third-order valence-corrected chi connectivity index (χ3v) is 4.64. The fourth-order valence-corrected chi connectivity index (χ4v) is 3.17. The quantitative estimate of drug-likeness (QED) is 0.658. The molecule has 0 aliphatic carbocycles. The smallest absolute Gasteiger partial charge is 0.387 e. The third-order valence-electron chi connectivity index (χ3n) is 3.73. The van der Waals surface area contributed by atoms with Crippen LogP contribution in [0.2, 0.25) is 0 Å².